The highest BCUT2D eigenvalue weighted by Crippen LogP contribution is 2.21. The van der Waals surface area contributed by atoms with E-state index in [4.69, 9.17) is 5.84 Å². The summed E-state index contributed by atoms with van der Waals surface area (Å²) >= 11 is 0. The SMILES string of the molecule is Cc1cncc(C(NN)c2cccc(F)c2)c1. The zero-order valence-corrected chi connectivity index (χ0v) is 9.52. The summed E-state index contributed by atoms with van der Waals surface area (Å²) in [7, 11) is 0. The lowest BCUT2D eigenvalue weighted by atomic mass is 10.00. The first kappa shape index (κ1) is 11.7. The van der Waals surface area contributed by atoms with E-state index in [1.807, 2.05) is 19.1 Å². The van der Waals surface area contributed by atoms with Crippen LogP contribution in [-0.4, -0.2) is 4.98 Å². The lowest BCUT2D eigenvalue weighted by Gasteiger charge is -2.16. The van der Waals surface area contributed by atoms with Crippen molar-refractivity contribution in [2.24, 2.45) is 5.84 Å². The molecule has 0 spiro atoms. The number of nitrogens with two attached hydrogens (primary N) is 1. The number of aromatic nitrogens is 1. The fraction of sp³-hybridized carbons (Fsp3) is 0.154. The predicted molar refractivity (Wildman–Crippen MR) is 64.5 cm³/mol. The molecule has 2 rings (SSSR count). The van der Waals surface area contributed by atoms with Gasteiger partial charge in [-0.1, -0.05) is 18.2 Å². The number of hydrogen-bond acceptors (Lipinski definition) is 3. The van der Waals surface area contributed by atoms with Crippen LogP contribution in [0.1, 0.15) is 22.7 Å². The molecule has 1 atom stereocenters. The minimum Gasteiger partial charge on any atom is -0.271 e. The van der Waals surface area contributed by atoms with Crippen molar-refractivity contribution in [1.82, 2.24) is 10.4 Å². The predicted octanol–water partition coefficient (Wildman–Crippen LogP) is 2.08. The highest BCUT2D eigenvalue weighted by atomic mass is 19.1. The first-order valence-electron chi connectivity index (χ1n) is 5.34. The number of nitrogens with one attached hydrogen (secondary N) is 1. The molecule has 0 saturated heterocycles. The van der Waals surface area contributed by atoms with E-state index in [2.05, 4.69) is 10.4 Å². The summed E-state index contributed by atoms with van der Waals surface area (Å²) in [6.45, 7) is 1.95. The van der Waals surface area contributed by atoms with Gasteiger partial charge in [-0.25, -0.2) is 9.82 Å². The van der Waals surface area contributed by atoms with Crippen LogP contribution in [0.2, 0.25) is 0 Å². The van der Waals surface area contributed by atoms with E-state index in [-0.39, 0.29) is 11.9 Å². The average molecular weight is 231 g/mol. The number of rotatable bonds is 3. The van der Waals surface area contributed by atoms with Crippen molar-refractivity contribution in [3.8, 4) is 0 Å². The fourth-order valence-corrected chi connectivity index (χ4v) is 1.81. The monoisotopic (exact) mass is 231 g/mol. The van der Waals surface area contributed by atoms with Gasteiger partial charge in [-0.05, 0) is 35.7 Å². The van der Waals surface area contributed by atoms with Gasteiger partial charge in [-0.3, -0.25) is 10.8 Å². The smallest absolute Gasteiger partial charge is 0.123 e. The largest absolute Gasteiger partial charge is 0.271 e. The summed E-state index contributed by atoms with van der Waals surface area (Å²) in [6.07, 6.45) is 3.49. The molecule has 0 saturated carbocycles. The Morgan fingerprint density at radius 1 is 1.24 bits per heavy atom. The molecular formula is C13H14FN3. The van der Waals surface area contributed by atoms with Crippen molar-refractivity contribution in [3.05, 3.63) is 65.2 Å². The van der Waals surface area contributed by atoms with Crippen LogP contribution in [-0.2, 0) is 0 Å². The number of pyridine rings is 1. The highest BCUT2D eigenvalue weighted by molar-refractivity contribution is 5.31. The molecule has 2 aromatic rings. The van der Waals surface area contributed by atoms with Gasteiger partial charge >= 0.3 is 0 Å². The van der Waals surface area contributed by atoms with Crippen LogP contribution in [0.15, 0.2) is 42.7 Å². The van der Waals surface area contributed by atoms with Crippen molar-refractivity contribution in [3.63, 3.8) is 0 Å². The maximum absolute atomic E-state index is 13.2. The second-order valence-electron chi connectivity index (χ2n) is 3.95. The number of halogens is 1. The van der Waals surface area contributed by atoms with Crippen LogP contribution < -0.4 is 11.3 Å². The van der Waals surface area contributed by atoms with Crippen LogP contribution in [0, 0.1) is 12.7 Å². The highest BCUT2D eigenvalue weighted by Gasteiger charge is 2.13. The second-order valence-corrected chi connectivity index (χ2v) is 3.95. The molecule has 0 aliphatic heterocycles. The summed E-state index contributed by atoms with van der Waals surface area (Å²) in [6, 6.07) is 8.09. The van der Waals surface area contributed by atoms with E-state index >= 15 is 0 Å². The van der Waals surface area contributed by atoms with Crippen molar-refractivity contribution in [1.29, 1.82) is 0 Å². The average Bonchev–Trinajstić information content (AvgIpc) is 2.30. The summed E-state index contributed by atoms with van der Waals surface area (Å²) in [4.78, 5) is 4.11. The minimum atomic E-state index is -0.275. The van der Waals surface area contributed by atoms with Crippen molar-refractivity contribution < 1.29 is 4.39 Å². The van der Waals surface area contributed by atoms with Crippen molar-refractivity contribution in [2.75, 3.05) is 0 Å². The zero-order valence-electron chi connectivity index (χ0n) is 9.52. The quantitative estimate of drug-likeness (QED) is 0.628. The van der Waals surface area contributed by atoms with Gasteiger partial charge in [0, 0.05) is 12.4 Å². The van der Waals surface area contributed by atoms with Crippen molar-refractivity contribution >= 4 is 0 Å². The van der Waals surface area contributed by atoms with Crippen LogP contribution in [0.25, 0.3) is 0 Å². The van der Waals surface area contributed by atoms with E-state index in [1.54, 1.807) is 18.5 Å². The Balaban J connectivity index is 2.40. The van der Waals surface area contributed by atoms with Gasteiger partial charge in [0.2, 0.25) is 0 Å². The van der Waals surface area contributed by atoms with Gasteiger partial charge in [0.25, 0.3) is 0 Å². The number of aryl methyl sites for hydroxylation is 1. The third-order valence-electron chi connectivity index (χ3n) is 2.58. The van der Waals surface area contributed by atoms with Gasteiger partial charge in [-0.15, -0.1) is 0 Å². The summed E-state index contributed by atoms with van der Waals surface area (Å²) in [5.41, 5.74) is 5.42. The molecule has 0 fully saturated rings. The molecule has 3 N–H and O–H groups in total. The van der Waals surface area contributed by atoms with Crippen LogP contribution in [0.4, 0.5) is 4.39 Å². The molecule has 0 radical (unpaired) electrons. The van der Waals surface area contributed by atoms with E-state index in [9.17, 15) is 4.39 Å². The third kappa shape index (κ3) is 2.67. The molecule has 1 heterocycles. The molecule has 1 aromatic carbocycles. The first-order chi connectivity index (χ1) is 8.20. The molecule has 0 aliphatic carbocycles. The normalized spacial score (nSPS) is 12.4. The Labute approximate surface area is 99.5 Å². The maximum Gasteiger partial charge on any atom is 0.123 e. The van der Waals surface area contributed by atoms with E-state index in [1.165, 1.54) is 12.1 Å². The van der Waals surface area contributed by atoms with Gasteiger partial charge in [0.05, 0.1) is 6.04 Å². The minimum absolute atomic E-state index is 0.252. The second kappa shape index (κ2) is 5.03. The molecule has 88 valence electrons. The summed E-state index contributed by atoms with van der Waals surface area (Å²) < 4.78 is 13.2. The number of benzene rings is 1. The molecule has 17 heavy (non-hydrogen) atoms. The number of nitrogens with zero attached hydrogens (tertiary/aromatic N) is 1. The molecule has 0 aliphatic rings. The molecule has 3 nitrogen and oxygen atoms in total. The lowest BCUT2D eigenvalue weighted by Crippen LogP contribution is -2.29. The van der Waals surface area contributed by atoms with Gasteiger partial charge in [0.15, 0.2) is 0 Å². The van der Waals surface area contributed by atoms with E-state index < -0.39 is 0 Å². The fourth-order valence-electron chi connectivity index (χ4n) is 1.81. The molecule has 0 bridgehead atoms. The van der Waals surface area contributed by atoms with E-state index in [0.717, 1.165) is 16.7 Å². The Kier molecular flexibility index (Phi) is 3.46. The maximum atomic E-state index is 13.2. The summed E-state index contributed by atoms with van der Waals surface area (Å²) in [5, 5.41) is 0. The Bertz CT molecular complexity index is 468. The third-order valence-corrected chi connectivity index (χ3v) is 2.58. The van der Waals surface area contributed by atoms with Gasteiger partial charge in [0.1, 0.15) is 5.82 Å². The molecular weight excluding hydrogens is 217 g/mol. The Hall–Kier alpha value is -1.78. The molecule has 0 amide bonds. The summed E-state index contributed by atoms with van der Waals surface area (Å²) in [5.74, 6) is 5.26. The topological polar surface area (TPSA) is 50.9 Å². The van der Waals surface area contributed by atoms with Gasteiger partial charge < -0.3 is 0 Å². The van der Waals surface area contributed by atoms with Crippen molar-refractivity contribution in [2.45, 2.75) is 13.0 Å². The van der Waals surface area contributed by atoms with Crippen LogP contribution in [0.3, 0.4) is 0 Å². The lowest BCUT2D eigenvalue weighted by molar-refractivity contribution is 0.604. The van der Waals surface area contributed by atoms with Gasteiger partial charge in [-0.2, -0.15) is 0 Å². The zero-order chi connectivity index (χ0) is 12.3. The van der Waals surface area contributed by atoms with Crippen LogP contribution in [0.5, 0.6) is 0 Å². The van der Waals surface area contributed by atoms with Crippen LogP contribution >= 0.6 is 0 Å². The number of hydrogen-bond donors (Lipinski definition) is 2. The molecule has 1 unspecified atom stereocenters. The molecule has 1 aromatic heterocycles. The first-order valence-corrected chi connectivity index (χ1v) is 5.34. The standard InChI is InChI=1S/C13H14FN3/c1-9-5-11(8-16-7-9)13(17-15)10-3-2-4-12(14)6-10/h2-8,13,17H,15H2,1H3. The molecule has 4 heteroatoms. The Morgan fingerprint density at radius 2 is 2.06 bits per heavy atom. The number of hydrazine groups is 1. The van der Waals surface area contributed by atoms with E-state index in [0.29, 0.717) is 0 Å². The Morgan fingerprint density at radius 3 is 2.71 bits per heavy atom.